The Kier molecular flexibility index (Phi) is 8.03. The van der Waals surface area contributed by atoms with Gasteiger partial charge in [-0.1, -0.05) is 89.5 Å². The Morgan fingerprint density at radius 1 is 0.615 bits per heavy atom. The second-order valence-corrected chi connectivity index (χ2v) is 7.65. The molecular formula is C24H34O2. The molecule has 0 aromatic heterocycles. The average molecular weight is 355 g/mol. The molecule has 0 fully saturated rings. The number of aromatic hydroxyl groups is 2. The smallest absolute Gasteiger partial charge is 0.115 e. The molecule has 0 atom stereocenters. The standard InChI is InChI=1S/C24H34O2/c1-3-4-5-6-7-8-9-10-19-24(2,20-11-15-22(25)16-12-20)21-13-17-23(26)18-14-21/h11-18,25-26H,3-10,19H2,1-2H3. The summed E-state index contributed by atoms with van der Waals surface area (Å²) in [6, 6.07) is 15.1. The van der Waals surface area contributed by atoms with E-state index >= 15 is 0 Å². The quantitative estimate of drug-likeness (QED) is 0.429. The lowest BCUT2D eigenvalue weighted by molar-refractivity contribution is 0.459. The van der Waals surface area contributed by atoms with E-state index < -0.39 is 0 Å². The first-order valence-corrected chi connectivity index (χ1v) is 10.2. The summed E-state index contributed by atoms with van der Waals surface area (Å²) in [7, 11) is 0. The summed E-state index contributed by atoms with van der Waals surface area (Å²) in [4.78, 5) is 0. The topological polar surface area (TPSA) is 40.5 Å². The van der Waals surface area contributed by atoms with E-state index in [1.807, 2.05) is 24.3 Å². The first kappa shape index (κ1) is 20.4. The van der Waals surface area contributed by atoms with Crippen LogP contribution in [-0.4, -0.2) is 10.2 Å². The van der Waals surface area contributed by atoms with Crippen molar-refractivity contribution >= 4 is 0 Å². The van der Waals surface area contributed by atoms with Gasteiger partial charge in [0.15, 0.2) is 0 Å². The summed E-state index contributed by atoms with van der Waals surface area (Å²) < 4.78 is 0. The summed E-state index contributed by atoms with van der Waals surface area (Å²) >= 11 is 0. The zero-order chi connectivity index (χ0) is 18.8. The normalized spacial score (nSPS) is 11.6. The molecule has 2 rings (SSSR count). The van der Waals surface area contributed by atoms with Crippen LogP contribution in [-0.2, 0) is 5.41 Å². The van der Waals surface area contributed by atoms with E-state index in [-0.39, 0.29) is 5.41 Å². The molecule has 26 heavy (non-hydrogen) atoms. The molecule has 0 spiro atoms. The number of hydrogen-bond acceptors (Lipinski definition) is 2. The molecule has 0 heterocycles. The van der Waals surface area contributed by atoms with E-state index in [9.17, 15) is 10.2 Å². The highest BCUT2D eigenvalue weighted by atomic mass is 16.3. The Morgan fingerprint density at radius 3 is 1.42 bits per heavy atom. The van der Waals surface area contributed by atoms with Crippen molar-refractivity contribution in [2.45, 2.75) is 77.0 Å². The van der Waals surface area contributed by atoms with E-state index in [4.69, 9.17) is 0 Å². The molecule has 0 bridgehead atoms. The van der Waals surface area contributed by atoms with Crippen molar-refractivity contribution in [3.05, 3.63) is 59.7 Å². The van der Waals surface area contributed by atoms with Gasteiger partial charge in [-0.25, -0.2) is 0 Å². The van der Waals surface area contributed by atoms with Gasteiger partial charge in [0.1, 0.15) is 11.5 Å². The van der Waals surface area contributed by atoms with Crippen LogP contribution >= 0.6 is 0 Å². The Bertz CT molecular complexity index is 583. The van der Waals surface area contributed by atoms with Gasteiger partial charge in [0.05, 0.1) is 0 Å². The average Bonchev–Trinajstić information content (AvgIpc) is 2.65. The van der Waals surface area contributed by atoms with E-state index in [2.05, 4.69) is 13.8 Å². The summed E-state index contributed by atoms with van der Waals surface area (Å²) in [5, 5.41) is 19.3. The molecule has 2 nitrogen and oxygen atoms in total. The Hall–Kier alpha value is -1.96. The molecule has 2 aromatic carbocycles. The molecule has 2 N–H and O–H groups in total. The molecule has 0 aliphatic rings. The second-order valence-electron chi connectivity index (χ2n) is 7.65. The zero-order valence-corrected chi connectivity index (χ0v) is 16.4. The van der Waals surface area contributed by atoms with Crippen molar-refractivity contribution in [3.8, 4) is 11.5 Å². The van der Waals surface area contributed by atoms with Gasteiger partial charge in [-0.15, -0.1) is 0 Å². The highest BCUT2D eigenvalue weighted by Crippen LogP contribution is 2.38. The van der Waals surface area contributed by atoms with Crippen LogP contribution in [0.5, 0.6) is 11.5 Å². The van der Waals surface area contributed by atoms with E-state index in [1.54, 1.807) is 24.3 Å². The Labute approximate surface area is 158 Å². The van der Waals surface area contributed by atoms with Gasteiger partial charge in [0, 0.05) is 5.41 Å². The molecule has 0 aliphatic heterocycles. The van der Waals surface area contributed by atoms with E-state index in [1.165, 1.54) is 62.5 Å². The Balaban J connectivity index is 2.00. The van der Waals surface area contributed by atoms with Gasteiger partial charge in [-0.3, -0.25) is 0 Å². The van der Waals surface area contributed by atoms with Crippen molar-refractivity contribution in [1.82, 2.24) is 0 Å². The van der Waals surface area contributed by atoms with Crippen LogP contribution in [0.3, 0.4) is 0 Å². The minimum absolute atomic E-state index is 0.108. The minimum atomic E-state index is -0.108. The third-order valence-electron chi connectivity index (χ3n) is 5.54. The maximum atomic E-state index is 9.63. The van der Waals surface area contributed by atoms with Crippen molar-refractivity contribution in [2.24, 2.45) is 0 Å². The molecule has 0 aliphatic carbocycles. The summed E-state index contributed by atoms with van der Waals surface area (Å²) in [6.45, 7) is 4.53. The second kappa shape index (κ2) is 10.3. The molecule has 142 valence electrons. The van der Waals surface area contributed by atoms with Crippen LogP contribution in [0.15, 0.2) is 48.5 Å². The lowest BCUT2D eigenvalue weighted by atomic mass is 9.72. The molecule has 0 unspecified atom stereocenters. The maximum absolute atomic E-state index is 9.63. The largest absolute Gasteiger partial charge is 0.508 e. The number of rotatable bonds is 11. The minimum Gasteiger partial charge on any atom is -0.508 e. The SMILES string of the molecule is CCCCCCCCCCC(C)(c1ccc(O)cc1)c1ccc(O)cc1. The van der Waals surface area contributed by atoms with Gasteiger partial charge in [-0.05, 0) is 41.8 Å². The number of phenols is 2. The first-order valence-electron chi connectivity index (χ1n) is 10.2. The molecule has 0 amide bonds. The zero-order valence-electron chi connectivity index (χ0n) is 16.4. The van der Waals surface area contributed by atoms with Crippen molar-refractivity contribution in [1.29, 1.82) is 0 Å². The molecule has 0 saturated carbocycles. The number of phenolic OH excluding ortho intramolecular Hbond substituents is 2. The molecular weight excluding hydrogens is 320 g/mol. The maximum Gasteiger partial charge on any atom is 0.115 e. The third kappa shape index (κ3) is 5.79. The fraction of sp³-hybridized carbons (Fsp3) is 0.500. The highest BCUT2D eigenvalue weighted by molar-refractivity contribution is 5.42. The van der Waals surface area contributed by atoms with Crippen LogP contribution in [0.4, 0.5) is 0 Å². The predicted molar refractivity (Wildman–Crippen MR) is 110 cm³/mol. The fourth-order valence-corrected chi connectivity index (χ4v) is 3.73. The molecule has 2 heteroatoms. The first-order chi connectivity index (χ1) is 12.6. The monoisotopic (exact) mass is 354 g/mol. The van der Waals surface area contributed by atoms with Gasteiger partial charge in [0.25, 0.3) is 0 Å². The lowest BCUT2D eigenvalue weighted by Gasteiger charge is -2.31. The number of benzene rings is 2. The number of hydrogen-bond donors (Lipinski definition) is 2. The molecule has 0 radical (unpaired) electrons. The van der Waals surface area contributed by atoms with E-state index in [0.29, 0.717) is 11.5 Å². The van der Waals surface area contributed by atoms with Crippen LogP contribution in [0.25, 0.3) is 0 Å². The van der Waals surface area contributed by atoms with Crippen LogP contribution in [0.2, 0.25) is 0 Å². The Morgan fingerprint density at radius 2 is 1.00 bits per heavy atom. The van der Waals surface area contributed by atoms with Crippen molar-refractivity contribution in [3.63, 3.8) is 0 Å². The molecule has 0 saturated heterocycles. The van der Waals surface area contributed by atoms with Gasteiger partial charge in [0.2, 0.25) is 0 Å². The van der Waals surface area contributed by atoms with Crippen LogP contribution in [0, 0.1) is 0 Å². The van der Waals surface area contributed by atoms with Gasteiger partial charge < -0.3 is 10.2 Å². The van der Waals surface area contributed by atoms with Crippen molar-refractivity contribution in [2.75, 3.05) is 0 Å². The summed E-state index contributed by atoms with van der Waals surface area (Å²) in [5.74, 6) is 0.600. The molecule has 2 aromatic rings. The third-order valence-corrected chi connectivity index (χ3v) is 5.54. The van der Waals surface area contributed by atoms with Gasteiger partial charge in [-0.2, -0.15) is 0 Å². The fourth-order valence-electron chi connectivity index (χ4n) is 3.73. The van der Waals surface area contributed by atoms with Crippen LogP contribution in [0.1, 0.15) is 82.8 Å². The van der Waals surface area contributed by atoms with Gasteiger partial charge >= 0.3 is 0 Å². The number of unbranched alkanes of at least 4 members (excludes halogenated alkanes) is 7. The highest BCUT2D eigenvalue weighted by Gasteiger charge is 2.28. The summed E-state index contributed by atoms with van der Waals surface area (Å²) in [5.41, 5.74) is 2.32. The van der Waals surface area contributed by atoms with Crippen molar-refractivity contribution < 1.29 is 10.2 Å². The lowest BCUT2D eigenvalue weighted by Crippen LogP contribution is -2.23. The van der Waals surface area contributed by atoms with Crippen LogP contribution < -0.4 is 0 Å². The predicted octanol–water partition coefficient (Wildman–Crippen LogP) is 6.93. The summed E-state index contributed by atoms with van der Waals surface area (Å²) in [6.07, 6.45) is 11.6. The van der Waals surface area contributed by atoms with E-state index in [0.717, 1.165) is 6.42 Å².